The summed E-state index contributed by atoms with van der Waals surface area (Å²) in [5.41, 5.74) is 6.93. The number of pyridine rings is 1. The molecule has 0 radical (unpaired) electrons. The van der Waals surface area contributed by atoms with E-state index in [2.05, 4.69) is 39.2 Å². The van der Waals surface area contributed by atoms with Gasteiger partial charge in [-0.1, -0.05) is 0 Å². The van der Waals surface area contributed by atoms with Crippen LogP contribution in [0.1, 0.15) is 45.6 Å². The molecule has 0 saturated heterocycles. The first-order valence-electron chi connectivity index (χ1n) is 7.66. The summed E-state index contributed by atoms with van der Waals surface area (Å²) in [6, 6.07) is 8.75. The van der Waals surface area contributed by atoms with Crippen molar-refractivity contribution >= 4 is 10.8 Å². The molecule has 1 aromatic carbocycles. The minimum atomic E-state index is 0.0479. The molecule has 0 saturated carbocycles. The molecule has 0 spiro atoms. The van der Waals surface area contributed by atoms with E-state index in [1.807, 2.05) is 6.20 Å². The first-order valence-corrected chi connectivity index (χ1v) is 7.66. The van der Waals surface area contributed by atoms with Crippen molar-refractivity contribution in [2.24, 2.45) is 0 Å². The molecule has 4 nitrogen and oxygen atoms in total. The van der Waals surface area contributed by atoms with E-state index in [1.54, 1.807) is 24.9 Å². The highest BCUT2D eigenvalue weighted by molar-refractivity contribution is 5.84. The van der Waals surface area contributed by atoms with Crippen molar-refractivity contribution in [1.82, 2.24) is 15.0 Å². The second-order valence-electron chi connectivity index (χ2n) is 6.19. The third-order valence-electron chi connectivity index (χ3n) is 5.04. The summed E-state index contributed by atoms with van der Waals surface area (Å²) < 4.78 is 5.39. The number of benzene rings is 1. The van der Waals surface area contributed by atoms with Crippen molar-refractivity contribution in [2.45, 2.75) is 11.8 Å². The van der Waals surface area contributed by atoms with Crippen LogP contribution < -0.4 is 0 Å². The molecule has 4 heteroatoms. The molecule has 2 unspecified atom stereocenters. The van der Waals surface area contributed by atoms with E-state index < -0.39 is 0 Å². The first kappa shape index (κ1) is 11.5. The smallest absolute Gasteiger partial charge is 0.0981 e. The minimum absolute atomic E-state index is 0.0479. The Morgan fingerprint density at radius 1 is 0.739 bits per heavy atom. The average Bonchev–Trinajstić information content (AvgIpc) is 2.99. The quantitative estimate of drug-likeness (QED) is 0.430. The Morgan fingerprint density at radius 2 is 1.43 bits per heavy atom. The Labute approximate surface area is 131 Å². The Hall–Kier alpha value is -3.01. The number of hydrogen-bond donors (Lipinski definition) is 0. The summed E-state index contributed by atoms with van der Waals surface area (Å²) in [5.74, 6) is 0.167. The zero-order valence-corrected chi connectivity index (χ0v) is 12.1. The molecule has 3 aliphatic carbocycles. The molecule has 23 heavy (non-hydrogen) atoms. The molecule has 3 heterocycles. The third kappa shape index (κ3) is 1.34. The summed E-state index contributed by atoms with van der Waals surface area (Å²) >= 11 is 0. The van der Waals surface area contributed by atoms with E-state index in [0.717, 1.165) is 27.9 Å². The van der Waals surface area contributed by atoms with Crippen LogP contribution in [0.25, 0.3) is 10.8 Å². The van der Waals surface area contributed by atoms with Crippen molar-refractivity contribution in [1.29, 1.82) is 0 Å². The van der Waals surface area contributed by atoms with Crippen LogP contribution in [0, 0.1) is 0 Å². The van der Waals surface area contributed by atoms with Gasteiger partial charge in [0.2, 0.25) is 0 Å². The van der Waals surface area contributed by atoms with Gasteiger partial charge in [-0.25, -0.2) is 0 Å². The van der Waals surface area contributed by atoms with Gasteiger partial charge in [0.15, 0.2) is 0 Å². The number of hydrogen-bond acceptors (Lipinski definition) is 4. The minimum Gasteiger partial charge on any atom is -0.471 e. The Balaban J connectivity index is 1.82. The average molecular weight is 297 g/mol. The van der Waals surface area contributed by atoms with E-state index in [-0.39, 0.29) is 11.8 Å². The van der Waals surface area contributed by atoms with E-state index in [1.165, 1.54) is 16.7 Å². The van der Waals surface area contributed by atoms with E-state index >= 15 is 0 Å². The summed E-state index contributed by atoms with van der Waals surface area (Å²) in [7, 11) is 0. The van der Waals surface area contributed by atoms with Crippen LogP contribution in [-0.2, 0) is 0 Å². The molecule has 2 atom stereocenters. The number of furan rings is 1. The topological polar surface area (TPSA) is 51.8 Å². The number of fused-ring (bicyclic) bond motifs is 1. The van der Waals surface area contributed by atoms with Crippen LogP contribution >= 0.6 is 0 Å². The molecule has 4 aromatic rings. The fraction of sp³-hybridized carbons (Fsp3) is 0.105. The molecule has 4 bridgehead atoms. The van der Waals surface area contributed by atoms with Crippen molar-refractivity contribution in [3.63, 3.8) is 0 Å². The number of aromatic nitrogens is 3. The maximum absolute atomic E-state index is 5.39. The summed E-state index contributed by atoms with van der Waals surface area (Å²) in [5, 5.41) is 2.25. The highest BCUT2D eigenvalue weighted by atomic mass is 16.3. The highest BCUT2D eigenvalue weighted by Crippen LogP contribution is 2.50. The Bertz CT molecular complexity index is 1020. The predicted octanol–water partition coefficient (Wildman–Crippen LogP) is 3.61. The van der Waals surface area contributed by atoms with Gasteiger partial charge in [0.05, 0.1) is 41.4 Å². The fourth-order valence-electron chi connectivity index (χ4n) is 4.09. The SMILES string of the molecule is c1cc2cc(n1)C1c3cc4cocc4cc3C2c2nccnc21. The van der Waals surface area contributed by atoms with Gasteiger partial charge < -0.3 is 4.42 Å². The molecule has 108 valence electrons. The van der Waals surface area contributed by atoms with Crippen LogP contribution in [0.4, 0.5) is 0 Å². The second-order valence-corrected chi connectivity index (χ2v) is 6.19. The summed E-state index contributed by atoms with van der Waals surface area (Å²) in [4.78, 5) is 14.0. The maximum Gasteiger partial charge on any atom is 0.0981 e. The number of nitrogens with zero attached hydrogens (tertiary/aromatic N) is 3. The Kier molecular flexibility index (Phi) is 1.93. The van der Waals surface area contributed by atoms with Crippen molar-refractivity contribution < 1.29 is 4.42 Å². The standard InChI is InChI=1S/C19H11N3O/c1-2-20-15-7-10(1)16-13-5-11-8-23-9-12(11)6-14(13)17(15)19-18(16)21-3-4-22-19/h1-9,16-17H. The lowest BCUT2D eigenvalue weighted by Crippen LogP contribution is -2.19. The first-order chi connectivity index (χ1) is 11.4. The second kappa shape index (κ2) is 3.84. The van der Waals surface area contributed by atoms with Gasteiger partial charge in [-0.2, -0.15) is 0 Å². The molecule has 0 fully saturated rings. The molecular weight excluding hydrogens is 286 g/mol. The lowest BCUT2D eigenvalue weighted by Gasteiger charge is -2.28. The molecular formula is C19H11N3O. The maximum atomic E-state index is 5.39. The van der Waals surface area contributed by atoms with Crippen LogP contribution in [0.5, 0.6) is 0 Å². The fourth-order valence-corrected chi connectivity index (χ4v) is 4.09. The molecule has 0 amide bonds. The van der Waals surface area contributed by atoms with E-state index in [4.69, 9.17) is 4.42 Å². The van der Waals surface area contributed by atoms with Crippen molar-refractivity contribution in [2.75, 3.05) is 0 Å². The zero-order valence-electron chi connectivity index (χ0n) is 12.1. The van der Waals surface area contributed by atoms with Gasteiger partial charge in [0.1, 0.15) is 0 Å². The molecule has 0 aliphatic heterocycles. The monoisotopic (exact) mass is 297 g/mol. The zero-order chi connectivity index (χ0) is 15.0. The highest BCUT2D eigenvalue weighted by Gasteiger charge is 2.40. The van der Waals surface area contributed by atoms with E-state index in [0.29, 0.717) is 0 Å². The largest absolute Gasteiger partial charge is 0.471 e. The van der Waals surface area contributed by atoms with E-state index in [9.17, 15) is 0 Å². The van der Waals surface area contributed by atoms with Crippen LogP contribution in [-0.4, -0.2) is 15.0 Å². The van der Waals surface area contributed by atoms with Crippen molar-refractivity contribution in [3.8, 4) is 0 Å². The summed E-state index contributed by atoms with van der Waals surface area (Å²) in [6.07, 6.45) is 9.07. The molecule has 3 aliphatic rings. The predicted molar refractivity (Wildman–Crippen MR) is 84.4 cm³/mol. The summed E-state index contributed by atoms with van der Waals surface area (Å²) in [6.45, 7) is 0. The normalized spacial score (nSPS) is 20.2. The third-order valence-corrected chi connectivity index (χ3v) is 5.04. The van der Waals surface area contributed by atoms with Crippen LogP contribution in [0.15, 0.2) is 59.8 Å². The molecule has 3 aromatic heterocycles. The van der Waals surface area contributed by atoms with Gasteiger partial charge in [0, 0.05) is 29.4 Å². The lowest BCUT2D eigenvalue weighted by molar-refractivity contribution is 0.572. The molecule has 7 rings (SSSR count). The number of rotatable bonds is 0. The Morgan fingerprint density at radius 3 is 2.22 bits per heavy atom. The molecule has 0 N–H and O–H groups in total. The van der Waals surface area contributed by atoms with Gasteiger partial charge in [-0.3, -0.25) is 15.0 Å². The van der Waals surface area contributed by atoms with Gasteiger partial charge in [-0.05, 0) is 41.0 Å². The van der Waals surface area contributed by atoms with Crippen LogP contribution in [0.2, 0.25) is 0 Å². The van der Waals surface area contributed by atoms with Crippen LogP contribution in [0.3, 0.4) is 0 Å². The van der Waals surface area contributed by atoms with Gasteiger partial charge in [0.25, 0.3) is 0 Å². The van der Waals surface area contributed by atoms with Gasteiger partial charge >= 0.3 is 0 Å². The van der Waals surface area contributed by atoms with Gasteiger partial charge in [-0.15, -0.1) is 0 Å². The lowest BCUT2D eigenvalue weighted by atomic mass is 9.76. The van der Waals surface area contributed by atoms with Crippen molar-refractivity contribution in [3.05, 3.63) is 89.2 Å².